The van der Waals surface area contributed by atoms with Crippen LogP contribution in [0.5, 0.6) is 0 Å². The number of ether oxygens (including phenoxy) is 1. The molecule has 2 N–H and O–H groups in total. The van der Waals surface area contributed by atoms with E-state index >= 15 is 0 Å². The Morgan fingerprint density at radius 1 is 1.22 bits per heavy atom. The van der Waals surface area contributed by atoms with Crippen molar-refractivity contribution in [2.24, 2.45) is 17.3 Å². The Bertz CT molecular complexity index is 1230. The fourth-order valence-electron chi connectivity index (χ4n) is 7.51. The molecule has 168 valence electrons. The Hall–Kier alpha value is -2.33. The Kier molecular flexibility index (Phi) is 3.91. The van der Waals surface area contributed by atoms with Gasteiger partial charge in [0.1, 0.15) is 11.4 Å². The molecule has 1 aromatic heterocycles. The molecule has 2 heterocycles. The summed E-state index contributed by atoms with van der Waals surface area (Å²) in [4.78, 5) is 16.8. The molecule has 6 rings (SSSR count). The fourth-order valence-corrected chi connectivity index (χ4v) is 7.51. The third-order valence-electron chi connectivity index (χ3n) is 9.42. The van der Waals surface area contributed by atoms with Crippen LogP contribution in [0.15, 0.2) is 41.7 Å². The number of benzene rings is 1. The van der Waals surface area contributed by atoms with E-state index in [0.717, 1.165) is 37.0 Å². The van der Waals surface area contributed by atoms with Crippen LogP contribution in [0.3, 0.4) is 0 Å². The number of aromatic nitrogens is 1. The second-order valence-corrected chi connectivity index (χ2v) is 11.6. The van der Waals surface area contributed by atoms with Crippen molar-refractivity contribution in [2.75, 3.05) is 0 Å². The first-order valence-electron chi connectivity index (χ1n) is 12.0. The molecule has 1 saturated carbocycles. The number of nitrogens with one attached hydrogen (secondary N) is 1. The summed E-state index contributed by atoms with van der Waals surface area (Å²) in [5.41, 5.74) is 5.28. The number of allylic oxidation sites excluding steroid dienone is 2. The molecule has 0 saturated heterocycles. The molecule has 1 fully saturated rings. The van der Waals surface area contributed by atoms with Gasteiger partial charge in [0.25, 0.3) is 0 Å². The number of aromatic amines is 1. The molecule has 5 atom stereocenters. The Balaban J connectivity index is 1.47. The summed E-state index contributed by atoms with van der Waals surface area (Å²) in [5.74, 6) is 1.58. The molecule has 0 spiro atoms. The zero-order valence-electron chi connectivity index (χ0n) is 19.7. The smallest absolute Gasteiger partial charge is 0.199 e. The average Bonchev–Trinajstić information content (AvgIpc) is 3.21. The molecular weight excluding hydrogens is 398 g/mol. The van der Waals surface area contributed by atoms with Crippen molar-refractivity contribution in [3.05, 3.63) is 58.5 Å². The van der Waals surface area contributed by atoms with Crippen molar-refractivity contribution < 1.29 is 14.6 Å². The number of carbonyl (C=O) groups excluding carboxylic acids is 1. The predicted octanol–water partition coefficient (Wildman–Crippen LogP) is 5.28. The molecule has 1 aliphatic heterocycles. The maximum absolute atomic E-state index is 12.9. The molecule has 0 bridgehead atoms. The van der Waals surface area contributed by atoms with Crippen molar-refractivity contribution in [1.29, 1.82) is 0 Å². The van der Waals surface area contributed by atoms with Gasteiger partial charge < -0.3 is 14.8 Å². The number of fused-ring (bicyclic) bond motifs is 9. The van der Waals surface area contributed by atoms with Gasteiger partial charge in [-0.1, -0.05) is 26.0 Å². The number of carbonyl (C=O) groups is 1. The van der Waals surface area contributed by atoms with E-state index < -0.39 is 11.7 Å². The lowest BCUT2D eigenvalue weighted by atomic mass is 9.46. The minimum atomic E-state index is -1.20. The molecule has 4 nitrogen and oxygen atoms in total. The summed E-state index contributed by atoms with van der Waals surface area (Å²) in [5, 5.41) is 11.8. The van der Waals surface area contributed by atoms with Gasteiger partial charge in [0.15, 0.2) is 11.9 Å². The Morgan fingerprint density at radius 2 is 2.00 bits per heavy atom. The van der Waals surface area contributed by atoms with Crippen LogP contribution in [0.25, 0.3) is 10.9 Å². The van der Waals surface area contributed by atoms with E-state index in [0.29, 0.717) is 5.92 Å². The van der Waals surface area contributed by atoms with Crippen molar-refractivity contribution in [3.63, 3.8) is 0 Å². The normalized spacial score (nSPS) is 35.9. The number of aliphatic hydroxyl groups is 1. The van der Waals surface area contributed by atoms with E-state index in [1.165, 1.54) is 27.7 Å². The molecule has 1 aromatic carbocycles. The van der Waals surface area contributed by atoms with Crippen molar-refractivity contribution in [3.8, 4) is 0 Å². The van der Waals surface area contributed by atoms with Gasteiger partial charge in [-0.25, -0.2) is 0 Å². The van der Waals surface area contributed by atoms with E-state index in [2.05, 4.69) is 50.0 Å². The lowest BCUT2D eigenvalue weighted by molar-refractivity contribution is -0.139. The van der Waals surface area contributed by atoms with Gasteiger partial charge in [-0.2, -0.15) is 0 Å². The zero-order valence-corrected chi connectivity index (χ0v) is 19.7. The summed E-state index contributed by atoms with van der Waals surface area (Å²) in [6, 6.07) is 6.77. The third kappa shape index (κ3) is 2.39. The molecule has 0 radical (unpaired) electrons. The number of rotatable bonds is 1. The molecule has 2 aromatic rings. The van der Waals surface area contributed by atoms with Crippen LogP contribution in [-0.2, 0) is 21.4 Å². The van der Waals surface area contributed by atoms with Crippen LogP contribution in [0.4, 0.5) is 0 Å². The molecular formula is C28H33NO3. The number of hydrogen-bond donors (Lipinski definition) is 2. The van der Waals surface area contributed by atoms with E-state index in [4.69, 9.17) is 4.74 Å². The second-order valence-electron chi connectivity index (χ2n) is 11.6. The van der Waals surface area contributed by atoms with Crippen molar-refractivity contribution >= 4 is 16.7 Å². The highest BCUT2D eigenvalue weighted by molar-refractivity contribution is 5.97. The van der Waals surface area contributed by atoms with Crippen LogP contribution >= 0.6 is 0 Å². The number of aryl methyl sites for hydroxylation is 1. The fraction of sp³-hybridized carbons (Fsp3) is 0.536. The highest BCUT2D eigenvalue weighted by Gasteiger charge is 2.63. The summed E-state index contributed by atoms with van der Waals surface area (Å²) < 4.78 is 6.12. The molecule has 32 heavy (non-hydrogen) atoms. The minimum absolute atomic E-state index is 0.00235. The summed E-state index contributed by atoms with van der Waals surface area (Å²) in [7, 11) is 0. The summed E-state index contributed by atoms with van der Waals surface area (Å²) >= 11 is 0. The Labute approximate surface area is 189 Å². The van der Waals surface area contributed by atoms with Crippen LogP contribution in [-0.4, -0.2) is 27.6 Å². The highest BCUT2D eigenvalue weighted by Crippen LogP contribution is 2.67. The SMILES string of the molecule is Cc1ccc2c3c([nH]c2c1)[C@@]1(C)[C@@H](CCC2C4=CC(=O)[C@@H](C(C)(C)O)OC4=CC[C@@]21C)C3. The minimum Gasteiger partial charge on any atom is -0.479 e. The van der Waals surface area contributed by atoms with Gasteiger partial charge in [-0.05, 0) is 93.1 Å². The van der Waals surface area contributed by atoms with Gasteiger partial charge in [0.2, 0.25) is 0 Å². The number of H-pyrrole nitrogens is 1. The molecule has 1 unspecified atom stereocenters. The van der Waals surface area contributed by atoms with Gasteiger partial charge in [0.05, 0.1) is 0 Å². The first kappa shape index (κ1) is 20.3. The number of ketones is 1. The standard InChI is InChI=1S/C28H33NO3/c1-15-6-8-17-18-13-16-7-9-20-19-14-22(30)25(26(2,3)31)32-23(19)10-11-27(20,4)28(16,5)24(18)29-21(17)12-15/h6,8,10,12,14,16,20,25,29,31H,7,9,11,13H2,1-5H3/t16-,20?,25-,27-,28+/m0/s1. The summed E-state index contributed by atoms with van der Waals surface area (Å²) in [6.45, 7) is 10.3. The first-order chi connectivity index (χ1) is 15.0. The van der Waals surface area contributed by atoms with E-state index in [1.54, 1.807) is 19.9 Å². The van der Waals surface area contributed by atoms with E-state index in [9.17, 15) is 9.90 Å². The van der Waals surface area contributed by atoms with Crippen LogP contribution in [0, 0.1) is 24.2 Å². The largest absolute Gasteiger partial charge is 0.479 e. The number of hydrogen-bond acceptors (Lipinski definition) is 3. The van der Waals surface area contributed by atoms with Gasteiger partial charge in [-0.3, -0.25) is 4.79 Å². The molecule has 4 heteroatoms. The van der Waals surface area contributed by atoms with Crippen molar-refractivity contribution in [2.45, 2.75) is 77.4 Å². The lowest BCUT2D eigenvalue weighted by Crippen LogP contribution is -2.56. The second kappa shape index (κ2) is 6.17. The lowest BCUT2D eigenvalue weighted by Gasteiger charge is -2.58. The van der Waals surface area contributed by atoms with Crippen LogP contribution < -0.4 is 0 Å². The third-order valence-corrected chi connectivity index (χ3v) is 9.42. The molecule has 4 aliphatic rings. The topological polar surface area (TPSA) is 62.3 Å². The zero-order chi connectivity index (χ0) is 22.6. The first-order valence-corrected chi connectivity index (χ1v) is 12.0. The molecule has 3 aliphatic carbocycles. The van der Waals surface area contributed by atoms with Crippen LogP contribution in [0.2, 0.25) is 0 Å². The van der Waals surface area contributed by atoms with Gasteiger partial charge in [-0.15, -0.1) is 0 Å². The average molecular weight is 432 g/mol. The predicted molar refractivity (Wildman–Crippen MR) is 125 cm³/mol. The van der Waals surface area contributed by atoms with Gasteiger partial charge in [0, 0.05) is 27.6 Å². The highest BCUT2D eigenvalue weighted by atomic mass is 16.5. The maximum atomic E-state index is 12.9. The maximum Gasteiger partial charge on any atom is 0.199 e. The quantitative estimate of drug-likeness (QED) is 0.646. The van der Waals surface area contributed by atoms with E-state index in [1.807, 2.05) is 0 Å². The Morgan fingerprint density at radius 3 is 2.75 bits per heavy atom. The van der Waals surface area contributed by atoms with Gasteiger partial charge >= 0.3 is 0 Å². The van der Waals surface area contributed by atoms with Crippen LogP contribution in [0.1, 0.15) is 63.8 Å². The van der Waals surface area contributed by atoms with E-state index in [-0.39, 0.29) is 22.5 Å². The molecule has 0 amide bonds. The summed E-state index contributed by atoms with van der Waals surface area (Å²) in [6.07, 6.45) is 7.41. The van der Waals surface area contributed by atoms with Crippen molar-refractivity contribution in [1.82, 2.24) is 4.98 Å². The monoisotopic (exact) mass is 431 g/mol.